The largest absolute Gasteiger partial charge is 0.490 e. The maximum Gasteiger partial charge on any atom is 0.256 e. The Morgan fingerprint density at radius 3 is 2.63 bits per heavy atom. The summed E-state index contributed by atoms with van der Waals surface area (Å²) in [6, 6.07) is 17.8. The Kier molecular flexibility index (Phi) is 6.69. The Labute approximate surface area is 224 Å². The van der Waals surface area contributed by atoms with E-state index >= 15 is 0 Å². The molecule has 1 saturated heterocycles. The van der Waals surface area contributed by atoms with Crippen LogP contribution in [0.2, 0.25) is 5.02 Å². The molecule has 1 spiro atoms. The number of nitro groups is 1. The highest BCUT2D eigenvalue weighted by Crippen LogP contribution is 2.51. The summed E-state index contributed by atoms with van der Waals surface area (Å²) in [6.45, 7) is 4.02. The van der Waals surface area contributed by atoms with Crippen molar-refractivity contribution in [3.8, 4) is 17.6 Å². The lowest BCUT2D eigenvalue weighted by Crippen LogP contribution is -2.54. The summed E-state index contributed by atoms with van der Waals surface area (Å²) in [6.07, 6.45) is 0. The van der Waals surface area contributed by atoms with E-state index in [2.05, 4.69) is 16.7 Å². The number of hydrogen-bond acceptors (Lipinski definition) is 7. The molecular formula is C28H25ClN4O5. The molecule has 1 amide bonds. The molecule has 194 valence electrons. The molecule has 10 heteroatoms. The molecule has 0 radical (unpaired) electrons. The third-order valence-corrected chi connectivity index (χ3v) is 7.47. The van der Waals surface area contributed by atoms with E-state index in [4.69, 9.17) is 21.1 Å². The van der Waals surface area contributed by atoms with Crippen LogP contribution < -0.4 is 20.1 Å². The van der Waals surface area contributed by atoms with Gasteiger partial charge in [0.25, 0.3) is 11.9 Å². The number of benzene rings is 3. The Hall–Kier alpha value is -4.13. The van der Waals surface area contributed by atoms with Crippen molar-refractivity contribution in [1.29, 1.82) is 5.26 Å². The van der Waals surface area contributed by atoms with Crippen LogP contribution in [0, 0.1) is 21.4 Å². The molecule has 2 heterocycles. The van der Waals surface area contributed by atoms with Gasteiger partial charge in [-0.1, -0.05) is 48.0 Å². The SMILES string of the molecule is CCOc1cc([C@@H]2[C@H](C)N[C@]3(C(=O)Nc4ccccc43)[C@H]2[N+](=O)[O-])cc(Cl)c1OCc1ccccc1C#N. The summed E-state index contributed by atoms with van der Waals surface area (Å²) in [5.41, 5.74) is 1.30. The Balaban J connectivity index is 1.55. The van der Waals surface area contributed by atoms with Crippen molar-refractivity contribution in [2.24, 2.45) is 0 Å². The van der Waals surface area contributed by atoms with Gasteiger partial charge in [-0.3, -0.25) is 20.2 Å². The fraction of sp³-hybridized carbons (Fsp3) is 0.286. The molecule has 0 aromatic heterocycles. The lowest BCUT2D eigenvalue weighted by Gasteiger charge is -2.25. The summed E-state index contributed by atoms with van der Waals surface area (Å²) in [7, 11) is 0. The molecule has 0 unspecified atom stereocenters. The number of carbonyl (C=O) groups is 1. The van der Waals surface area contributed by atoms with Crippen LogP contribution in [-0.2, 0) is 16.9 Å². The number of anilines is 1. The smallest absolute Gasteiger partial charge is 0.256 e. The number of para-hydroxylation sites is 1. The topological polar surface area (TPSA) is 127 Å². The van der Waals surface area contributed by atoms with E-state index in [9.17, 15) is 20.2 Å². The second-order valence-electron chi connectivity index (χ2n) is 9.32. The van der Waals surface area contributed by atoms with Gasteiger partial charge in [0.1, 0.15) is 6.61 Å². The van der Waals surface area contributed by atoms with Crippen LogP contribution in [0.4, 0.5) is 5.69 Å². The predicted molar refractivity (Wildman–Crippen MR) is 141 cm³/mol. The quantitative estimate of drug-likeness (QED) is 0.332. The van der Waals surface area contributed by atoms with Crippen LogP contribution in [0.5, 0.6) is 11.5 Å². The maximum atomic E-state index is 13.3. The lowest BCUT2D eigenvalue weighted by atomic mass is 9.78. The fourth-order valence-electron chi connectivity index (χ4n) is 5.64. The number of hydrogen-bond donors (Lipinski definition) is 2. The molecule has 1 fully saturated rings. The molecule has 0 bridgehead atoms. The van der Waals surface area contributed by atoms with Crippen molar-refractivity contribution >= 4 is 23.2 Å². The molecule has 0 saturated carbocycles. The number of amides is 1. The lowest BCUT2D eigenvalue weighted by molar-refractivity contribution is -0.532. The highest BCUT2D eigenvalue weighted by atomic mass is 35.5. The Morgan fingerprint density at radius 2 is 1.89 bits per heavy atom. The molecule has 9 nitrogen and oxygen atoms in total. The average molecular weight is 533 g/mol. The van der Waals surface area contributed by atoms with Crippen LogP contribution in [-0.4, -0.2) is 29.5 Å². The van der Waals surface area contributed by atoms with Crippen LogP contribution >= 0.6 is 11.6 Å². The summed E-state index contributed by atoms with van der Waals surface area (Å²) in [5.74, 6) is -0.551. The van der Waals surface area contributed by atoms with Gasteiger partial charge in [-0.2, -0.15) is 5.26 Å². The minimum atomic E-state index is -1.53. The van der Waals surface area contributed by atoms with E-state index in [-0.39, 0.29) is 22.3 Å². The molecule has 5 rings (SSSR count). The van der Waals surface area contributed by atoms with Crippen molar-refractivity contribution in [2.45, 2.75) is 44.0 Å². The number of rotatable bonds is 7. The molecule has 2 aliphatic rings. The number of nitriles is 1. The van der Waals surface area contributed by atoms with Gasteiger partial charge in [0.05, 0.1) is 29.2 Å². The van der Waals surface area contributed by atoms with E-state index in [1.165, 1.54) is 0 Å². The number of ether oxygens (including phenoxy) is 2. The molecule has 38 heavy (non-hydrogen) atoms. The van der Waals surface area contributed by atoms with Crippen LogP contribution in [0.3, 0.4) is 0 Å². The van der Waals surface area contributed by atoms with Crippen LogP contribution in [0.15, 0.2) is 60.7 Å². The van der Waals surface area contributed by atoms with Crippen molar-refractivity contribution in [1.82, 2.24) is 5.32 Å². The molecular weight excluding hydrogens is 508 g/mol. The highest BCUT2D eigenvalue weighted by Gasteiger charge is 2.67. The molecule has 3 aromatic rings. The normalized spacial score (nSPS) is 23.5. The summed E-state index contributed by atoms with van der Waals surface area (Å²) in [4.78, 5) is 25.5. The van der Waals surface area contributed by atoms with Crippen LogP contribution in [0.25, 0.3) is 0 Å². The van der Waals surface area contributed by atoms with Gasteiger partial charge in [0.15, 0.2) is 17.0 Å². The molecule has 3 aromatic carbocycles. The molecule has 4 atom stereocenters. The van der Waals surface area contributed by atoms with Gasteiger partial charge in [0, 0.05) is 27.8 Å². The van der Waals surface area contributed by atoms with E-state index in [0.717, 1.165) is 0 Å². The third-order valence-electron chi connectivity index (χ3n) is 7.19. The van der Waals surface area contributed by atoms with E-state index in [0.29, 0.717) is 40.3 Å². The van der Waals surface area contributed by atoms with Crippen LogP contribution in [0.1, 0.15) is 42.0 Å². The van der Waals surface area contributed by atoms with Gasteiger partial charge in [-0.15, -0.1) is 0 Å². The number of carbonyl (C=O) groups excluding carboxylic acids is 1. The first-order chi connectivity index (χ1) is 18.3. The predicted octanol–water partition coefficient (Wildman–Crippen LogP) is 4.76. The summed E-state index contributed by atoms with van der Waals surface area (Å²) < 4.78 is 11.8. The number of nitrogens with zero attached hydrogens (tertiary/aromatic N) is 2. The summed E-state index contributed by atoms with van der Waals surface area (Å²) >= 11 is 6.68. The van der Waals surface area contributed by atoms with E-state index in [1.54, 1.807) is 54.6 Å². The van der Waals surface area contributed by atoms with Crippen molar-refractivity contribution in [3.63, 3.8) is 0 Å². The first-order valence-corrected chi connectivity index (χ1v) is 12.6. The molecule has 2 aliphatic heterocycles. The van der Waals surface area contributed by atoms with Crippen molar-refractivity contribution in [3.05, 3.63) is 98.1 Å². The number of halogens is 1. The number of fused-ring (bicyclic) bond motifs is 2. The van der Waals surface area contributed by atoms with Gasteiger partial charge in [-0.25, -0.2) is 0 Å². The minimum Gasteiger partial charge on any atom is -0.490 e. The second kappa shape index (κ2) is 9.97. The van der Waals surface area contributed by atoms with Gasteiger partial charge in [0.2, 0.25) is 0 Å². The zero-order valence-electron chi connectivity index (χ0n) is 20.7. The third kappa shape index (κ3) is 4.02. The Bertz CT molecular complexity index is 1470. The second-order valence-corrected chi connectivity index (χ2v) is 9.72. The highest BCUT2D eigenvalue weighted by molar-refractivity contribution is 6.32. The first kappa shape index (κ1) is 25.5. The first-order valence-electron chi connectivity index (χ1n) is 12.2. The Morgan fingerprint density at radius 1 is 1.16 bits per heavy atom. The number of nitrogens with one attached hydrogen (secondary N) is 2. The van der Waals surface area contributed by atoms with Gasteiger partial charge >= 0.3 is 0 Å². The van der Waals surface area contributed by atoms with Gasteiger partial charge < -0.3 is 14.8 Å². The zero-order chi connectivity index (χ0) is 27.0. The fourth-order valence-corrected chi connectivity index (χ4v) is 5.92. The van der Waals surface area contributed by atoms with E-state index < -0.39 is 29.4 Å². The molecule has 0 aliphatic carbocycles. The standard InChI is InChI=1S/C28H25ClN4O5/c1-3-37-23-13-19(12-21(29)25(23)38-15-18-9-5-4-8-17(18)14-30)24-16(2)32-28(26(24)33(35)36)20-10-6-7-11-22(20)31-27(28)34/h4-13,16,24,26,32H,3,15H2,1-2H3,(H,31,34)/t16-,24-,26-,28-/m0/s1. The maximum absolute atomic E-state index is 13.3. The monoisotopic (exact) mass is 532 g/mol. The minimum absolute atomic E-state index is 0.0852. The van der Waals surface area contributed by atoms with Crippen molar-refractivity contribution < 1.29 is 19.2 Å². The summed E-state index contributed by atoms with van der Waals surface area (Å²) in [5, 5.41) is 28.3. The van der Waals surface area contributed by atoms with E-state index in [1.807, 2.05) is 19.9 Å². The van der Waals surface area contributed by atoms with Gasteiger partial charge in [-0.05, 0) is 43.7 Å². The zero-order valence-corrected chi connectivity index (χ0v) is 21.5. The van der Waals surface area contributed by atoms with Crippen molar-refractivity contribution in [2.75, 3.05) is 11.9 Å². The average Bonchev–Trinajstić information content (AvgIpc) is 3.37. The molecule has 2 N–H and O–H groups in total.